The summed E-state index contributed by atoms with van der Waals surface area (Å²) in [6.45, 7) is 0. The molecule has 0 unspecified atom stereocenters. The number of thiocarbonyl (C=S) groups is 1. The quantitative estimate of drug-likeness (QED) is 0.340. The molecule has 2 rings (SSSR count). The van der Waals surface area contributed by atoms with E-state index >= 15 is 0 Å². The zero-order valence-corrected chi connectivity index (χ0v) is 15.4. The molecule has 2 N–H and O–H groups in total. The molecule has 2 aromatic rings. The number of hydrogen-bond donors (Lipinski definition) is 2. The van der Waals surface area contributed by atoms with Gasteiger partial charge in [-0.2, -0.15) is 0 Å². The van der Waals surface area contributed by atoms with E-state index in [1.807, 2.05) is 0 Å². The Balaban J connectivity index is 1.97. The molecule has 0 saturated carbocycles. The van der Waals surface area contributed by atoms with Gasteiger partial charge in [-0.15, -0.1) is 0 Å². The number of carbonyl (C=O) groups is 1. The van der Waals surface area contributed by atoms with Gasteiger partial charge in [0, 0.05) is 12.1 Å². The number of amides is 1. The molecule has 0 aliphatic heterocycles. The highest BCUT2D eigenvalue weighted by atomic mass is 32.1. The summed E-state index contributed by atoms with van der Waals surface area (Å²) < 4.78 is 10.2. The van der Waals surface area contributed by atoms with Crippen LogP contribution in [0.2, 0.25) is 0 Å². The molecule has 0 bridgehead atoms. The summed E-state index contributed by atoms with van der Waals surface area (Å²) in [5.41, 5.74) is 1.10. The van der Waals surface area contributed by atoms with Gasteiger partial charge in [0.1, 0.15) is 11.5 Å². The number of carbonyl (C=O) groups excluding carboxylic acids is 1. The highest BCUT2D eigenvalue weighted by Crippen LogP contribution is 2.28. The molecule has 2 aromatic carbocycles. The lowest BCUT2D eigenvalue weighted by atomic mass is 10.2. The third kappa shape index (κ3) is 5.79. The van der Waals surface area contributed by atoms with E-state index in [0.29, 0.717) is 5.69 Å². The number of nitrogens with one attached hydrogen (secondary N) is 2. The van der Waals surface area contributed by atoms with E-state index in [9.17, 15) is 14.9 Å². The minimum Gasteiger partial charge on any atom is -0.497 e. The first-order valence-corrected chi connectivity index (χ1v) is 8.10. The average molecular weight is 387 g/mol. The molecule has 9 heteroatoms. The van der Waals surface area contributed by atoms with E-state index in [0.717, 1.165) is 11.3 Å². The maximum Gasteiger partial charge on any atom is 0.273 e. The van der Waals surface area contributed by atoms with Crippen molar-refractivity contribution in [1.82, 2.24) is 5.32 Å². The van der Waals surface area contributed by atoms with Crippen LogP contribution in [0.25, 0.3) is 6.08 Å². The standard InChI is InChI=1S/C18H17N3O5S/c1-25-14-7-3-12(4-8-14)5-10-17(22)20-18(27)19-15-9-6-13(21(23)24)11-16(15)26-2/h3-11H,1-2H3,(H2,19,20,22,27)/b10-5+. The van der Waals surface area contributed by atoms with Crippen LogP contribution in [0, 0.1) is 10.1 Å². The largest absolute Gasteiger partial charge is 0.497 e. The van der Waals surface area contributed by atoms with Crippen molar-refractivity contribution in [3.05, 3.63) is 64.2 Å². The Morgan fingerprint density at radius 2 is 1.85 bits per heavy atom. The number of anilines is 1. The van der Waals surface area contributed by atoms with Gasteiger partial charge in [-0.1, -0.05) is 12.1 Å². The average Bonchev–Trinajstić information content (AvgIpc) is 2.66. The van der Waals surface area contributed by atoms with Gasteiger partial charge >= 0.3 is 0 Å². The van der Waals surface area contributed by atoms with Crippen LogP contribution in [0.3, 0.4) is 0 Å². The van der Waals surface area contributed by atoms with Crippen molar-refractivity contribution in [2.24, 2.45) is 0 Å². The van der Waals surface area contributed by atoms with E-state index in [4.69, 9.17) is 21.7 Å². The maximum atomic E-state index is 12.0. The molecule has 1 amide bonds. The SMILES string of the molecule is COc1ccc(/C=C/C(=O)NC(=S)Nc2ccc([N+](=O)[O-])cc2OC)cc1. The summed E-state index contributed by atoms with van der Waals surface area (Å²) in [4.78, 5) is 22.2. The van der Waals surface area contributed by atoms with Crippen molar-refractivity contribution >= 4 is 40.7 Å². The molecule has 0 fully saturated rings. The van der Waals surface area contributed by atoms with Gasteiger partial charge in [0.2, 0.25) is 5.91 Å². The topological polar surface area (TPSA) is 103 Å². The van der Waals surface area contributed by atoms with Gasteiger partial charge in [0.05, 0.1) is 30.9 Å². The fourth-order valence-corrected chi connectivity index (χ4v) is 2.30. The van der Waals surface area contributed by atoms with E-state index in [2.05, 4.69) is 10.6 Å². The minimum absolute atomic E-state index is 0.0338. The number of rotatable bonds is 6. The van der Waals surface area contributed by atoms with Crippen LogP contribution in [0.15, 0.2) is 48.5 Å². The smallest absolute Gasteiger partial charge is 0.273 e. The molecular formula is C18H17N3O5S. The Kier molecular flexibility index (Phi) is 6.84. The minimum atomic E-state index is -0.531. The monoisotopic (exact) mass is 387 g/mol. The molecule has 0 spiro atoms. The van der Waals surface area contributed by atoms with Crippen LogP contribution in [-0.2, 0) is 4.79 Å². The fraction of sp³-hybridized carbons (Fsp3) is 0.111. The summed E-state index contributed by atoms with van der Waals surface area (Å²) in [5, 5.41) is 16.1. The number of ether oxygens (including phenoxy) is 2. The maximum absolute atomic E-state index is 12.0. The molecule has 0 saturated heterocycles. The second-order valence-electron chi connectivity index (χ2n) is 5.19. The first-order valence-electron chi connectivity index (χ1n) is 7.69. The first-order chi connectivity index (χ1) is 12.9. The fourth-order valence-electron chi connectivity index (χ4n) is 2.09. The van der Waals surface area contributed by atoms with Crippen LogP contribution < -0.4 is 20.1 Å². The van der Waals surface area contributed by atoms with Crippen molar-refractivity contribution in [3.63, 3.8) is 0 Å². The van der Waals surface area contributed by atoms with Gasteiger partial charge in [-0.05, 0) is 42.1 Å². The van der Waals surface area contributed by atoms with Crippen molar-refractivity contribution in [1.29, 1.82) is 0 Å². The summed E-state index contributed by atoms with van der Waals surface area (Å²) in [7, 11) is 2.95. The molecule has 0 aliphatic carbocycles. The molecule has 0 aromatic heterocycles. The van der Waals surface area contributed by atoms with Gasteiger partial charge in [-0.25, -0.2) is 0 Å². The van der Waals surface area contributed by atoms with Crippen LogP contribution in [0.1, 0.15) is 5.56 Å². The van der Waals surface area contributed by atoms with Gasteiger partial charge < -0.3 is 14.8 Å². The zero-order chi connectivity index (χ0) is 19.8. The highest BCUT2D eigenvalue weighted by molar-refractivity contribution is 7.80. The predicted molar refractivity (Wildman–Crippen MR) is 106 cm³/mol. The van der Waals surface area contributed by atoms with Crippen molar-refractivity contribution in [3.8, 4) is 11.5 Å². The Morgan fingerprint density at radius 1 is 1.15 bits per heavy atom. The van der Waals surface area contributed by atoms with E-state index in [1.54, 1.807) is 37.5 Å². The predicted octanol–water partition coefficient (Wildman–Crippen LogP) is 3.14. The van der Waals surface area contributed by atoms with E-state index < -0.39 is 10.8 Å². The van der Waals surface area contributed by atoms with E-state index in [1.165, 1.54) is 31.4 Å². The lowest BCUT2D eigenvalue weighted by Crippen LogP contribution is -2.32. The Hall–Kier alpha value is -3.46. The van der Waals surface area contributed by atoms with Gasteiger partial charge in [-0.3, -0.25) is 20.2 Å². The van der Waals surface area contributed by atoms with Crippen molar-refractivity contribution in [2.75, 3.05) is 19.5 Å². The molecule has 8 nitrogen and oxygen atoms in total. The molecule has 140 valence electrons. The second-order valence-corrected chi connectivity index (χ2v) is 5.60. The molecule has 0 radical (unpaired) electrons. The summed E-state index contributed by atoms with van der Waals surface area (Å²) in [6.07, 6.45) is 2.96. The zero-order valence-electron chi connectivity index (χ0n) is 14.6. The molecule has 0 aliphatic rings. The number of nitro benzene ring substituents is 1. The Labute approximate surface area is 160 Å². The Bertz CT molecular complexity index is 881. The van der Waals surface area contributed by atoms with Crippen LogP contribution in [0.4, 0.5) is 11.4 Å². The third-order valence-corrected chi connectivity index (χ3v) is 3.63. The number of hydrogen-bond acceptors (Lipinski definition) is 6. The summed E-state index contributed by atoms with van der Waals surface area (Å²) >= 11 is 5.09. The van der Waals surface area contributed by atoms with Gasteiger partial charge in [0.15, 0.2) is 5.11 Å². The lowest BCUT2D eigenvalue weighted by molar-refractivity contribution is -0.384. The number of non-ortho nitro benzene ring substituents is 1. The highest BCUT2D eigenvalue weighted by Gasteiger charge is 2.12. The van der Waals surface area contributed by atoms with Crippen LogP contribution >= 0.6 is 12.2 Å². The second kappa shape index (κ2) is 9.30. The van der Waals surface area contributed by atoms with Crippen molar-refractivity contribution < 1.29 is 19.2 Å². The number of nitro groups is 1. The molecular weight excluding hydrogens is 370 g/mol. The third-order valence-electron chi connectivity index (χ3n) is 3.42. The van der Waals surface area contributed by atoms with E-state index in [-0.39, 0.29) is 16.5 Å². The summed E-state index contributed by atoms with van der Waals surface area (Å²) in [6, 6.07) is 11.2. The number of benzene rings is 2. The number of nitrogens with zero attached hydrogens (tertiary/aromatic N) is 1. The van der Waals surface area contributed by atoms with Crippen molar-refractivity contribution in [2.45, 2.75) is 0 Å². The van der Waals surface area contributed by atoms with Crippen LogP contribution in [-0.4, -0.2) is 30.2 Å². The molecule has 0 heterocycles. The van der Waals surface area contributed by atoms with Crippen LogP contribution in [0.5, 0.6) is 11.5 Å². The number of methoxy groups -OCH3 is 2. The lowest BCUT2D eigenvalue weighted by Gasteiger charge is -2.11. The first kappa shape index (κ1) is 19.9. The Morgan fingerprint density at radius 3 is 2.44 bits per heavy atom. The molecule has 0 atom stereocenters. The molecule has 27 heavy (non-hydrogen) atoms. The summed E-state index contributed by atoms with van der Waals surface area (Å²) in [5.74, 6) is 0.526. The van der Waals surface area contributed by atoms with Gasteiger partial charge in [0.25, 0.3) is 5.69 Å². The normalized spacial score (nSPS) is 10.3.